The van der Waals surface area contributed by atoms with Crippen LogP contribution in [0.2, 0.25) is 0 Å². The van der Waals surface area contributed by atoms with Crippen molar-refractivity contribution in [2.24, 2.45) is 0 Å². The topological polar surface area (TPSA) is 58.6 Å². The molecule has 1 amide bonds. The SMILES string of the molecule is CCC(=O)N[C@H]1c2ccc(C(F)(F)F)cc2OC(C)(C)[C@@H]1O. The van der Waals surface area contributed by atoms with Gasteiger partial charge in [-0.1, -0.05) is 13.0 Å². The number of amides is 1. The van der Waals surface area contributed by atoms with Gasteiger partial charge in [-0.3, -0.25) is 4.79 Å². The number of aliphatic hydroxyl groups excluding tert-OH is 1. The summed E-state index contributed by atoms with van der Waals surface area (Å²) in [6, 6.07) is 2.23. The van der Waals surface area contributed by atoms with Gasteiger partial charge in [0.2, 0.25) is 5.91 Å². The summed E-state index contributed by atoms with van der Waals surface area (Å²) in [5, 5.41) is 13.0. The van der Waals surface area contributed by atoms with Crippen molar-refractivity contribution in [1.82, 2.24) is 5.32 Å². The second-order valence-electron chi connectivity index (χ2n) is 5.80. The molecule has 0 radical (unpaired) electrons. The molecule has 22 heavy (non-hydrogen) atoms. The van der Waals surface area contributed by atoms with Gasteiger partial charge in [0.25, 0.3) is 0 Å². The van der Waals surface area contributed by atoms with E-state index in [1.54, 1.807) is 20.8 Å². The average molecular weight is 317 g/mol. The molecule has 1 aromatic carbocycles. The number of benzene rings is 1. The smallest absolute Gasteiger partial charge is 0.416 e. The standard InChI is InChI=1S/C15H18F3NO3/c1-4-11(20)19-12-9-6-5-8(15(16,17)18)7-10(9)22-14(2,3)13(12)21/h5-7,12-13,21H,4H2,1-3H3,(H,19,20)/t12-,13+/m0/s1. The van der Waals surface area contributed by atoms with Crippen molar-refractivity contribution in [1.29, 1.82) is 0 Å². The van der Waals surface area contributed by atoms with Crippen LogP contribution >= 0.6 is 0 Å². The van der Waals surface area contributed by atoms with Gasteiger partial charge >= 0.3 is 6.18 Å². The molecule has 1 aliphatic heterocycles. The summed E-state index contributed by atoms with van der Waals surface area (Å²) < 4.78 is 44.0. The van der Waals surface area contributed by atoms with Gasteiger partial charge in [-0.25, -0.2) is 0 Å². The fourth-order valence-corrected chi connectivity index (χ4v) is 2.40. The zero-order chi connectivity index (χ0) is 16.7. The van der Waals surface area contributed by atoms with Crippen LogP contribution in [0.15, 0.2) is 18.2 Å². The van der Waals surface area contributed by atoms with Crippen molar-refractivity contribution < 1.29 is 27.8 Å². The van der Waals surface area contributed by atoms with Gasteiger partial charge in [0.05, 0.1) is 11.6 Å². The van der Waals surface area contributed by atoms with Crippen LogP contribution in [-0.2, 0) is 11.0 Å². The summed E-state index contributed by atoms with van der Waals surface area (Å²) in [6.45, 7) is 4.78. The van der Waals surface area contributed by atoms with Crippen molar-refractivity contribution in [2.45, 2.75) is 51.1 Å². The highest BCUT2D eigenvalue weighted by molar-refractivity contribution is 5.76. The Bertz CT molecular complexity index is 584. The largest absolute Gasteiger partial charge is 0.485 e. The predicted octanol–water partition coefficient (Wildman–Crippen LogP) is 2.80. The van der Waals surface area contributed by atoms with Crippen LogP contribution in [0.4, 0.5) is 13.2 Å². The summed E-state index contributed by atoms with van der Waals surface area (Å²) in [6.07, 6.45) is -5.35. The van der Waals surface area contributed by atoms with Gasteiger partial charge in [-0.15, -0.1) is 0 Å². The van der Waals surface area contributed by atoms with E-state index in [1.165, 1.54) is 6.07 Å². The fraction of sp³-hybridized carbons (Fsp3) is 0.533. The van der Waals surface area contributed by atoms with E-state index in [4.69, 9.17) is 4.74 Å². The Morgan fingerprint density at radius 2 is 2.05 bits per heavy atom. The summed E-state index contributed by atoms with van der Waals surface area (Å²) in [5.41, 5.74) is -1.62. The first-order valence-corrected chi connectivity index (χ1v) is 6.94. The molecule has 0 fully saturated rings. The molecule has 0 saturated carbocycles. The minimum absolute atomic E-state index is 0.0199. The maximum absolute atomic E-state index is 12.8. The summed E-state index contributed by atoms with van der Waals surface area (Å²) in [5.74, 6) is -0.279. The third kappa shape index (κ3) is 3.04. The number of nitrogens with one attached hydrogen (secondary N) is 1. The minimum atomic E-state index is -4.49. The monoisotopic (exact) mass is 317 g/mol. The molecule has 1 aromatic rings. The average Bonchev–Trinajstić information content (AvgIpc) is 2.41. The lowest BCUT2D eigenvalue weighted by Gasteiger charge is -2.42. The first kappa shape index (κ1) is 16.6. The molecule has 0 aromatic heterocycles. The number of hydrogen-bond donors (Lipinski definition) is 2. The fourth-order valence-electron chi connectivity index (χ4n) is 2.40. The van der Waals surface area contributed by atoms with E-state index in [9.17, 15) is 23.1 Å². The first-order valence-electron chi connectivity index (χ1n) is 6.94. The quantitative estimate of drug-likeness (QED) is 0.882. The molecule has 122 valence electrons. The van der Waals surface area contributed by atoms with Gasteiger partial charge in [-0.05, 0) is 26.0 Å². The van der Waals surface area contributed by atoms with Crippen molar-refractivity contribution in [3.63, 3.8) is 0 Å². The van der Waals surface area contributed by atoms with Crippen LogP contribution in [0.3, 0.4) is 0 Å². The Hall–Kier alpha value is -1.76. The Balaban J connectivity index is 2.48. The highest BCUT2D eigenvalue weighted by atomic mass is 19.4. The number of fused-ring (bicyclic) bond motifs is 1. The number of aliphatic hydroxyl groups is 1. The molecule has 1 heterocycles. The predicted molar refractivity (Wildman–Crippen MR) is 73.3 cm³/mol. The number of hydrogen-bond acceptors (Lipinski definition) is 3. The lowest BCUT2D eigenvalue weighted by molar-refractivity contribution is -0.138. The Morgan fingerprint density at radius 1 is 1.41 bits per heavy atom. The van der Waals surface area contributed by atoms with Crippen LogP contribution in [0.1, 0.15) is 44.4 Å². The third-order valence-corrected chi connectivity index (χ3v) is 3.71. The Labute approximate surface area is 126 Å². The number of rotatable bonds is 2. The van der Waals surface area contributed by atoms with Gasteiger partial charge in [0.1, 0.15) is 17.5 Å². The second kappa shape index (κ2) is 5.46. The normalized spacial score (nSPS) is 23.4. The van der Waals surface area contributed by atoms with Crippen LogP contribution in [0.25, 0.3) is 0 Å². The molecule has 7 heteroatoms. The van der Waals surface area contributed by atoms with Crippen molar-refractivity contribution in [2.75, 3.05) is 0 Å². The van der Waals surface area contributed by atoms with E-state index in [1.807, 2.05) is 0 Å². The van der Waals surface area contributed by atoms with Crippen molar-refractivity contribution in [3.8, 4) is 5.75 Å². The molecule has 0 bridgehead atoms. The molecule has 2 N–H and O–H groups in total. The first-order chi connectivity index (χ1) is 10.1. The summed E-state index contributed by atoms with van der Waals surface area (Å²) >= 11 is 0. The van der Waals surface area contributed by atoms with E-state index in [0.717, 1.165) is 12.1 Å². The van der Waals surface area contributed by atoms with Gasteiger partial charge in [0.15, 0.2) is 0 Å². The maximum atomic E-state index is 12.8. The van der Waals surface area contributed by atoms with Gasteiger partial charge in [-0.2, -0.15) is 13.2 Å². The summed E-state index contributed by atoms with van der Waals surface area (Å²) in [7, 11) is 0. The Morgan fingerprint density at radius 3 is 2.59 bits per heavy atom. The molecule has 0 aliphatic carbocycles. The van der Waals surface area contributed by atoms with E-state index in [-0.39, 0.29) is 18.1 Å². The van der Waals surface area contributed by atoms with E-state index in [0.29, 0.717) is 5.56 Å². The van der Waals surface area contributed by atoms with E-state index < -0.39 is 29.5 Å². The zero-order valence-electron chi connectivity index (χ0n) is 12.5. The van der Waals surface area contributed by atoms with Crippen molar-refractivity contribution in [3.05, 3.63) is 29.3 Å². The Kier molecular flexibility index (Phi) is 4.12. The number of ether oxygens (including phenoxy) is 1. The molecular formula is C15H18F3NO3. The molecule has 2 rings (SSSR count). The van der Waals surface area contributed by atoms with Crippen LogP contribution in [-0.4, -0.2) is 22.7 Å². The minimum Gasteiger partial charge on any atom is -0.485 e. The number of carbonyl (C=O) groups excluding carboxylic acids is 1. The van der Waals surface area contributed by atoms with Crippen LogP contribution < -0.4 is 10.1 Å². The molecule has 0 saturated heterocycles. The van der Waals surface area contributed by atoms with Crippen LogP contribution in [0, 0.1) is 0 Å². The van der Waals surface area contributed by atoms with Crippen LogP contribution in [0.5, 0.6) is 5.75 Å². The lowest BCUT2D eigenvalue weighted by atomic mass is 9.86. The maximum Gasteiger partial charge on any atom is 0.416 e. The van der Waals surface area contributed by atoms with E-state index >= 15 is 0 Å². The molecule has 0 spiro atoms. The molecule has 0 unspecified atom stereocenters. The van der Waals surface area contributed by atoms with E-state index in [2.05, 4.69) is 5.32 Å². The second-order valence-corrected chi connectivity index (χ2v) is 5.80. The lowest BCUT2D eigenvalue weighted by Crippen LogP contribution is -2.53. The van der Waals surface area contributed by atoms with Crippen molar-refractivity contribution >= 4 is 5.91 Å². The summed E-state index contributed by atoms with van der Waals surface area (Å²) in [4.78, 5) is 11.6. The molecule has 4 nitrogen and oxygen atoms in total. The molecule has 1 aliphatic rings. The zero-order valence-corrected chi connectivity index (χ0v) is 12.5. The number of alkyl halides is 3. The third-order valence-electron chi connectivity index (χ3n) is 3.71. The molecular weight excluding hydrogens is 299 g/mol. The highest BCUT2D eigenvalue weighted by Gasteiger charge is 2.44. The van der Waals surface area contributed by atoms with Gasteiger partial charge < -0.3 is 15.2 Å². The molecule has 2 atom stereocenters. The highest BCUT2D eigenvalue weighted by Crippen LogP contribution is 2.42. The number of carbonyl (C=O) groups is 1. The number of halogens is 3. The van der Waals surface area contributed by atoms with Gasteiger partial charge in [0, 0.05) is 12.0 Å².